The SMILES string of the molecule is COc1ccc(Nc2cncc(C(=O)NC(C)C)c2)cc1. The van der Waals surface area contributed by atoms with Gasteiger partial charge in [0.15, 0.2) is 0 Å². The van der Waals surface area contributed by atoms with E-state index in [0.29, 0.717) is 5.56 Å². The number of aromatic nitrogens is 1. The summed E-state index contributed by atoms with van der Waals surface area (Å²) in [4.78, 5) is 16.0. The molecule has 0 fully saturated rings. The van der Waals surface area contributed by atoms with E-state index in [4.69, 9.17) is 4.74 Å². The smallest absolute Gasteiger partial charge is 0.253 e. The van der Waals surface area contributed by atoms with Gasteiger partial charge in [0.2, 0.25) is 0 Å². The average Bonchev–Trinajstić information content (AvgIpc) is 2.47. The minimum absolute atomic E-state index is 0.0932. The van der Waals surface area contributed by atoms with Crippen LogP contribution in [0.3, 0.4) is 0 Å². The predicted octanol–water partition coefficient (Wildman–Crippen LogP) is 2.97. The first-order valence-electron chi connectivity index (χ1n) is 6.75. The number of carbonyl (C=O) groups is 1. The maximum Gasteiger partial charge on any atom is 0.253 e. The molecule has 21 heavy (non-hydrogen) atoms. The van der Waals surface area contributed by atoms with Crippen molar-refractivity contribution in [2.75, 3.05) is 12.4 Å². The number of ether oxygens (including phenoxy) is 1. The number of pyridine rings is 1. The first-order valence-corrected chi connectivity index (χ1v) is 6.75. The second-order valence-electron chi connectivity index (χ2n) is 4.94. The van der Waals surface area contributed by atoms with E-state index in [1.165, 1.54) is 0 Å². The summed E-state index contributed by atoms with van der Waals surface area (Å²) in [7, 11) is 1.63. The van der Waals surface area contributed by atoms with Crippen LogP contribution in [0.1, 0.15) is 24.2 Å². The number of methoxy groups -OCH3 is 1. The Bertz CT molecular complexity index is 609. The highest BCUT2D eigenvalue weighted by Crippen LogP contribution is 2.20. The third-order valence-electron chi connectivity index (χ3n) is 2.80. The van der Waals surface area contributed by atoms with Crippen molar-refractivity contribution in [2.24, 2.45) is 0 Å². The van der Waals surface area contributed by atoms with Gasteiger partial charge in [0.1, 0.15) is 5.75 Å². The second-order valence-corrected chi connectivity index (χ2v) is 4.94. The van der Waals surface area contributed by atoms with E-state index < -0.39 is 0 Å². The predicted molar refractivity (Wildman–Crippen MR) is 83.1 cm³/mol. The summed E-state index contributed by atoms with van der Waals surface area (Å²) in [5.74, 6) is 0.666. The van der Waals surface area contributed by atoms with Gasteiger partial charge in [-0.25, -0.2) is 0 Å². The summed E-state index contributed by atoms with van der Waals surface area (Å²) in [6, 6.07) is 9.40. The summed E-state index contributed by atoms with van der Waals surface area (Å²) in [5.41, 5.74) is 2.19. The number of amides is 1. The fourth-order valence-corrected chi connectivity index (χ4v) is 1.82. The van der Waals surface area contributed by atoms with Crippen LogP contribution in [-0.4, -0.2) is 24.0 Å². The molecule has 0 saturated carbocycles. The van der Waals surface area contributed by atoms with Crippen LogP contribution < -0.4 is 15.4 Å². The molecule has 5 heteroatoms. The number of hydrogen-bond acceptors (Lipinski definition) is 4. The van der Waals surface area contributed by atoms with Gasteiger partial charge >= 0.3 is 0 Å². The Morgan fingerprint density at radius 3 is 2.48 bits per heavy atom. The molecule has 0 saturated heterocycles. The quantitative estimate of drug-likeness (QED) is 0.886. The Morgan fingerprint density at radius 1 is 1.14 bits per heavy atom. The zero-order valence-electron chi connectivity index (χ0n) is 12.4. The highest BCUT2D eigenvalue weighted by molar-refractivity contribution is 5.95. The lowest BCUT2D eigenvalue weighted by Gasteiger charge is -2.10. The van der Waals surface area contributed by atoms with Gasteiger partial charge in [0.25, 0.3) is 5.91 Å². The number of hydrogen-bond donors (Lipinski definition) is 2. The van der Waals surface area contributed by atoms with Crippen LogP contribution in [0.4, 0.5) is 11.4 Å². The molecular formula is C16H19N3O2. The lowest BCUT2D eigenvalue weighted by atomic mass is 10.2. The monoisotopic (exact) mass is 285 g/mol. The lowest BCUT2D eigenvalue weighted by molar-refractivity contribution is 0.0943. The third-order valence-corrected chi connectivity index (χ3v) is 2.80. The van der Waals surface area contributed by atoms with Crippen molar-refractivity contribution in [3.05, 3.63) is 48.3 Å². The van der Waals surface area contributed by atoms with E-state index in [9.17, 15) is 4.79 Å². The molecule has 0 aliphatic carbocycles. The third kappa shape index (κ3) is 4.21. The van der Waals surface area contributed by atoms with Crippen molar-refractivity contribution >= 4 is 17.3 Å². The molecule has 0 aliphatic heterocycles. The van der Waals surface area contributed by atoms with Gasteiger partial charge in [-0.3, -0.25) is 9.78 Å². The zero-order chi connectivity index (χ0) is 15.2. The fraction of sp³-hybridized carbons (Fsp3) is 0.250. The number of carbonyl (C=O) groups excluding carboxylic acids is 1. The van der Waals surface area contributed by atoms with Crippen LogP contribution in [0.5, 0.6) is 5.75 Å². The Morgan fingerprint density at radius 2 is 1.86 bits per heavy atom. The molecule has 1 heterocycles. The van der Waals surface area contributed by atoms with E-state index in [1.807, 2.05) is 38.1 Å². The van der Waals surface area contributed by atoms with Crippen molar-refractivity contribution in [3.8, 4) is 5.75 Å². The van der Waals surface area contributed by atoms with E-state index in [2.05, 4.69) is 15.6 Å². The van der Waals surface area contributed by atoms with Crippen molar-refractivity contribution in [1.29, 1.82) is 0 Å². The Kier molecular flexibility index (Phi) is 4.77. The zero-order valence-corrected chi connectivity index (χ0v) is 12.4. The van der Waals surface area contributed by atoms with Crippen LogP contribution in [0.15, 0.2) is 42.7 Å². The fourth-order valence-electron chi connectivity index (χ4n) is 1.82. The van der Waals surface area contributed by atoms with Crippen LogP contribution in [0.25, 0.3) is 0 Å². The van der Waals surface area contributed by atoms with Crippen molar-refractivity contribution in [1.82, 2.24) is 10.3 Å². The van der Waals surface area contributed by atoms with Crippen LogP contribution in [-0.2, 0) is 0 Å². The molecule has 5 nitrogen and oxygen atoms in total. The first-order chi connectivity index (χ1) is 10.1. The molecule has 1 aromatic carbocycles. The van der Waals surface area contributed by atoms with Gasteiger partial charge in [0.05, 0.1) is 24.6 Å². The van der Waals surface area contributed by atoms with Crippen molar-refractivity contribution < 1.29 is 9.53 Å². The standard InChI is InChI=1S/C16H19N3O2/c1-11(2)18-16(20)12-8-14(10-17-9-12)19-13-4-6-15(21-3)7-5-13/h4-11,19H,1-3H3,(H,18,20). The number of nitrogens with one attached hydrogen (secondary N) is 2. The highest BCUT2D eigenvalue weighted by atomic mass is 16.5. The van der Waals surface area contributed by atoms with Crippen molar-refractivity contribution in [2.45, 2.75) is 19.9 Å². The Balaban J connectivity index is 2.11. The molecule has 0 spiro atoms. The van der Waals surface area contributed by atoms with Gasteiger partial charge < -0.3 is 15.4 Å². The van der Waals surface area contributed by atoms with Crippen LogP contribution >= 0.6 is 0 Å². The molecule has 0 bridgehead atoms. The van der Waals surface area contributed by atoms with E-state index >= 15 is 0 Å². The largest absolute Gasteiger partial charge is 0.497 e. The molecule has 110 valence electrons. The van der Waals surface area contributed by atoms with Crippen LogP contribution in [0.2, 0.25) is 0 Å². The van der Waals surface area contributed by atoms with Gasteiger partial charge in [-0.1, -0.05) is 0 Å². The minimum Gasteiger partial charge on any atom is -0.497 e. The maximum atomic E-state index is 11.9. The lowest BCUT2D eigenvalue weighted by Crippen LogP contribution is -2.30. The summed E-state index contributed by atoms with van der Waals surface area (Å²) in [6.45, 7) is 3.84. The maximum absolute atomic E-state index is 11.9. The average molecular weight is 285 g/mol. The van der Waals surface area contributed by atoms with E-state index in [0.717, 1.165) is 17.1 Å². The van der Waals surface area contributed by atoms with Gasteiger partial charge in [-0.2, -0.15) is 0 Å². The van der Waals surface area contributed by atoms with E-state index in [1.54, 1.807) is 25.6 Å². The number of anilines is 2. The molecule has 2 N–H and O–H groups in total. The first kappa shape index (κ1) is 14.8. The molecule has 1 aromatic heterocycles. The van der Waals surface area contributed by atoms with E-state index in [-0.39, 0.29) is 11.9 Å². The highest BCUT2D eigenvalue weighted by Gasteiger charge is 2.08. The molecule has 0 atom stereocenters. The normalized spacial score (nSPS) is 10.3. The van der Waals surface area contributed by atoms with Gasteiger partial charge in [-0.15, -0.1) is 0 Å². The van der Waals surface area contributed by atoms with Crippen molar-refractivity contribution in [3.63, 3.8) is 0 Å². The summed E-state index contributed by atoms with van der Waals surface area (Å²) < 4.78 is 5.11. The molecule has 2 aromatic rings. The minimum atomic E-state index is -0.129. The molecule has 2 rings (SSSR count). The number of nitrogens with zero attached hydrogens (tertiary/aromatic N) is 1. The van der Waals surface area contributed by atoms with Gasteiger partial charge in [0, 0.05) is 17.9 Å². The summed E-state index contributed by atoms with van der Waals surface area (Å²) >= 11 is 0. The van der Waals surface area contributed by atoms with Crippen LogP contribution in [0, 0.1) is 0 Å². The molecule has 1 amide bonds. The van der Waals surface area contributed by atoms with Gasteiger partial charge in [-0.05, 0) is 44.2 Å². The summed E-state index contributed by atoms with van der Waals surface area (Å²) in [6.07, 6.45) is 3.23. The molecule has 0 radical (unpaired) electrons. The Hall–Kier alpha value is -2.56. The number of rotatable bonds is 5. The number of benzene rings is 1. The Labute approximate surface area is 124 Å². The molecule has 0 aliphatic rings. The topological polar surface area (TPSA) is 63.2 Å². The molecule has 0 unspecified atom stereocenters. The summed E-state index contributed by atoms with van der Waals surface area (Å²) in [5, 5.41) is 6.05. The molecular weight excluding hydrogens is 266 g/mol. The second kappa shape index (κ2) is 6.74.